The van der Waals surface area contributed by atoms with Crippen molar-refractivity contribution >= 4 is 5.97 Å². The van der Waals surface area contributed by atoms with E-state index in [1.54, 1.807) is 14.0 Å². The first kappa shape index (κ1) is 17.4. The molecule has 2 N–H and O–H groups in total. The fraction of sp³-hybridized carbons (Fsp3) is 0.933. The third-order valence-electron chi connectivity index (χ3n) is 4.87. The number of aliphatic carboxylic acids is 1. The summed E-state index contributed by atoms with van der Waals surface area (Å²) in [5, 5.41) is 12.3. The molecule has 1 saturated heterocycles. The number of carbonyl (C=O) groups is 1. The van der Waals surface area contributed by atoms with Crippen molar-refractivity contribution in [3.8, 4) is 0 Å². The maximum absolute atomic E-state index is 11.4. The zero-order chi connectivity index (χ0) is 15.3. The van der Waals surface area contributed by atoms with Crippen LogP contribution < -0.4 is 5.32 Å². The molecule has 20 heavy (non-hydrogen) atoms. The largest absolute Gasteiger partial charge is 0.480 e. The molecule has 0 spiro atoms. The smallest absolute Gasteiger partial charge is 0.323 e. The Balaban J connectivity index is 2.58. The lowest BCUT2D eigenvalue weighted by Crippen LogP contribution is -2.52. The molecule has 0 aromatic carbocycles. The van der Waals surface area contributed by atoms with Crippen LogP contribution in [0.25, 0.3) is 0 Å². The Kier molecular flexibility index (Phi) is 6.43. The quantitative estimate of drug-likeness (QED) is 0.703. The van der Waals surface area contributed by atoms with Gasteiger partial charge in [0, 0.05) is 25.2 Å². The lowest BCUT2D eigenvalue weighted by atomic mass is 9.93. The van der Waals surface area contributed by atoms with Gasteiger partial charge in [-0.15, -0.1) is 0 Å². The second-order valence-corrected chi connectivity index (χ2v) is 6.10. The van der Waals surface area contributed by atoms with Crippen LogP contribution in [0.15, 0.2) is 0 Å². The number of rotatable bonds is 8. The summed E-state index contributed by atoms with van der Waals surface area (Å²) in [6.07, 6.45) is 1.82. The minimum Gasteiger partial charge on any atom is -0.480 e. The molecule has 5 nitrogen and oxygen atoms in total. The molecule has 118 valence electrons. The van der Waals surface area contributed by atoms with Gasteiger partial charge in [0.2, 0.25) is 0 Å². The third-order valence-corrected chi connectivity index (χ3v) is 4.87. The van der Waals surface area contributed by atoms with Gasteiger partial charge in [-0.05, 0) is 46.8 Å². The zero-order valence-corrected chi connectivity index (χ0v) is 13.6. The molecule has 0 radical (unpaired) electrons. The van der Waals surface area contributed by atoms with Crippen molar-refractivity contribution in [3.63, 3.8) is 0 Å². The topological polar surface area (TPSA) is 55.8 Å². The van der Waals surface area contributed by atoms with Crippen molar-refractivity contribution in [2.45, 2.75) is 58.2 Å². The highest BCUT2D eigenvalue weighted by atomic mass is 16.4. The van der Waals surface area contributed by atoms with Crippen LogP contribution >= 0.6 is 0 Å². The van der Waals surface area contributed by atoms with Gasteiger partial charge in [0.1, 0.15) is 5.54 Å². The Bertz CT molecular complexity index is 320. The van der Waals surface area contributed by atoms with Gasteiger partial charge in [0.25, 0.3) is 0 Å². The molecule has 1 aliphatic heterocycles. The van der Waals surface area contributed by atoms with Crippen molar-refractivity contribution in [3.05, 3.63) is 0 Å². The first-order chi connectivity index (χ1) is 9.37. The van der Waals surface area contributed by atoms with E-state index in [0.29, 0.717) is 12.5 Å². The Labute approximate surface area is 123 Å². The molecule has 0 aromatic heterocycles. The van der Waals surface area contributed by atoms with Gasteiger partial charge in [-0.25, -0.2) is 0 Å². The van der Waals surface area contributed by atoms with E-state index in [1.807, 2.05) is 0 Å². The first-order valence-corrected chi connectivity index (χ1v) is 7.78. The molecule has 3 atom stereocenters. The van der Waals surface area contributed by atoms with Gasteiger partial charge in [0.15, 0.2) is 0 Å². The number of carboxylic acids is 1. The maximum atomic E-state index is 11.4. The van der Waals surface area contributed by atoms with E-state index in [2.05, 4.69) is 35.9 Å². The normalized spacial score (nSPS) is 24.8. The summed E-state index contributed by atoms with van der Waals surface area (Å²) in [5.74, 6) is -0.772. The highest BCUT2D eigenvalue weighted by Crippen LogP contribution is 2.22. The Morgan fingerprint density at radius 3 is 2.55 bits per heavy atom. The van der Waals surface area contributed by atoms with Crippen molar-refractivity contribution in [2.75, 3.05) is 33.2 Å². The van der Waals surface area contributed by atoms with E-state index in [0.717, 1.165) is 26.2 Å². The van der Waals surface area contributed by atoms with E-state index in [9.17, 15) is 9.90 Å². The molecule has 1 rings (SSSR count). The van der Waals surface area contributed by atoms with Gasteiger partial charge < -0.3 is 10.4 Å². The molecule has 0 aromatic rings. The number of likely N-dealkylation sites (N-methyl/N-ethyl adjacent to an activating group) is 2. The predicted molar refractivity (Wildman–Crippen MR) is 82.1 cm³/mol. The van der Waals surface area contributed by atoms with Gasteiger partial charge in [0.05, 0.1) is 0 Å². The van der Waals surface area contributed by atoms with E-state index in [4.69, 9.17) is 0 Å². The summed E-state index contributed by atoms with van der Waals surface area (Å²) in [5.41, 5.74) is -0.841. The molecular formula is C15H31N3O2. The summed E-state index contributed by atoms with van der Waals surface area (Å²) in [7, 11) is 1.73. The van der Waals surface area contributed by atoms with Crippen LogP contribution in [0.1, 0.15) is 40.5 Å². The van der Waals surface area contributed by atoms with Gasteiger partial charge >= 0.3 is 5.97 Å². The molecule has 5 heteroatoms. The summed E-state index contributed by atoms with van der Waals surface area (Å²) in [6, 6.07) is 0.905. The monoisotopic (exact) mass is 285 g/mol. The summed E-state index contributed by atoms with van der Waals surface area (Å²) >= 11 is 0. The molecule has 0 bridgehead atoms. The average Bonchev–Trinajstić information content (AvgIpc) is 2.89. The first-order valence-electron chi connectivity index (χ1n) is 7.78. The molecule has 0 amide bonds. The molecule has 1 heterocycles. The fourth-order valence-electron chi connectivity index (χ4n) is 3.22. The van der Waals surface area contributed by atoms with E-state index in [-0.39, 0.29) is 6.04 Å². The van der Waals surface area contributed by atoms with E-state index in [1.165, 1.54) is 6.42 Å². The number of carboxylic acid groups (broad SMARTS) is 1. The zero-order valence-electron chi connectivity index (χ0n) is 13.6. The van der Waals surface area contributed by atoms with Crippen LogP contribution in [0.5, 0.6) is 0 Å². The second kappa shape index (κ2) is 7.38. The Morgan fingerprint density at radius 2 is 2.10 bits per heavy atom. The van der Waals surface area contributed by atoms with Crippen molar-refractivity contribution in [1.29, 1.82) is 0 Å². The lowest BCUT2D eigenvalue weighted by Gasteiger charge is -2.33. The highest BCUT2D eigenvalue weighted by molar-refractivity contribution is 5.78. The summed E-state index contributed by atoms with van der Waals surface area (Å²) in [4.78, 5) is 16.3. The third kappa shape index (κ3) is 3.93. The minimum absolute atomic E-state index is 0.282. The number of nitrogens with zero attached hydrogens (tertiary/aromatic N) is 2. The van der Waals surface area contributed by atoms with Crippen molar-refractivity contribution < 1.29 is 9.90 Å². The average molecular weight is 285 g/mol. The molecule has 0 saturated carbocycles. The van der Waals surface area contributed by atoms with Crippen LogP contribution in [0, 0.1) is 0 Å². The number of hydrogen-bond acceptors (Lipinski definition) is 4. The van der Waals surface area contributed by atoms with Gasteiger partial charge in [-0.1, -0.05) is 13.8 Å². The van der Waals surface area contributed by atoms with Gasteiger partial charge in [-0.2, -0.15) is 0 Å². The number of nitrogens with one attached hydrogen (secondary N) is 1. The van der Waals surface area contributed by atoms with Crippen LogP contribution in [-0.4, -0.2) is 71.7 Å². The number of likely N-dealkylation sites (tertiary alicyclic amines) is 1. The Hall–Kier alpha value is -0.650. The van der Waals surface area contributed by atoms with Gasteiger partial charge in [-0.3, -0.25) is 14.6 Å². The molecule has 0 aliphatic carbocycles. The Morgan fingerprint density at radius 1 is 1.50 bits per heavy atom. The van der Waals surface area contributed by atoms with Crippen LogP contribution in [0.2, 0.25) is 0 Å². The molecular weight excluding hydrogens is 254 g/mol. The van der Waals surface area contributed by atoms with Crippen LogP contribution in [-0.2, 0) is 4.79 Å². The molecule has 3 unspecified atom stereocenters. The summed E-state index contributed by atoms with van der Waals surface area (Å²) < 4.78 is 0. The van der Waals surface area contributed by atoms with Crippen molar-refractivity contribution in [2.24, 2.45) is 0 Å². The molecule has 1 aliphatic rings. The van der Waals surface area contributed by atoms with E-state index >= 15 is 0 Å². The SMILES string of the molecule is CCN(CC)C1CCN(C(C)CC(C)(NC)C(=O)O)C1. The molecule has 1 fully saturated rings. The van der Waals surface area contributed by atoms with E-state index < -0.39 is 11.5 Å². The maximum Gasteiger partial charge on any atom is 0.323 e. The fourth-order valence-corrected chi connectivity index (χ4v) is 3.22. The second-order valence-electron chi connectivity index (χ2n) is 6.10. The van der Waals surface area contributed by atoms with Crippen LogP contribution in [0.3, 0.4) is 0 Å². The van der Waals surface area contributed by atoms with Crippen molar-refractivity contribution in [1.82, 2.24) is 15.1 Å². The van der Waals surface area contributed by atoms with Crippen LogP contribution in [0.4, 0.5) is 0 Å². The summed E-state index contributed by atoms with van der Waals surface area (Å²) in [6.45, 7) is 12.6. The standard InChI is InChI=1S/C15H31N3O2/c1-6-17(7-2)13-8-9-18(11-13)12(3)10-15(4,16-5)14(19)20/h12-13,16H,6-11H2,1-5H3,(H,19,20). The highest BCUT2D eigenvalue weighted by Gasteiger charge is 2.36. The predicted octanol–water partition coefficient (Wildman–Crippen LogP) is 1.24. The lowest BCUT2D eigenvalue weighted by molar-refractivity contribution is -0.144. The minimum atomic E-state index is -0.841. The number of hydrogen-bond donors (Lipinski definition) is 2.